The third-order valence-electron chi connectivity index (χ3n) is 2.91. The van der Waals surface area contributed by atoms with E-state index in [1.54, 1.807) is 13.2 Å². The van der Waals surface area contributed by atoms with Crippen LogP contribution in [0, 0.1) is 0 Å². The molecule has 19 heavy (non-hydrogen) atoms. The summed E-state index contributed by atoms with van der Waals surface area (Å²) in [6, 6.07) is 7.90. The molecule has 0 spiro atoms. The van der Waals surface area contributed by atoms with Gasteiger partial charge in [-0.25, -0.2) is 4.79 Å². The van der Waals surface area contributed by atoms with Crippen molar-refractivity contribution in [1.29, 1.82) is 0 Å². The normalized spacial score (nSPS) is 11.4. The van der Waals surface area contributed by atoms with Gasteiger partial charge in [-0.15, -0.1) is 0 Å². The summed E-state index contributed by atoms with van der Waals surface area (Å²) in [5, 5.41) is 12.1. The van der Waals surface area contributed by atoms with E-state index in [0.29, 0.717) is 18.5 Å². The highest BCUT2D eigenvalue weighted by Gasteiger charge is 2.03. The maximum atomic E-state index is 10.8. The van der Waals surface area contributed by atoms with E-state index in [0.717, 1.165) is 24.3 Å². The molecule has 0 amide bonds. The molecule has 0 bridgehead atoms. The molecule has 0 heterocycles. The summed E-state index contributed by atoms with van der Waals surface area (Å²) in [5.41, 5.74) is 1.60. The molecule has 0 saturated heterocycles. The predicted molar refractivity (Wildman–Crippen MR) is 75.6 cm³/mol. The summed E-state index contributed by atoms with van der Waals surface area (Å²) in [7, 11) is 1.66. The molecule has 0 aliphatic carbocycles. The number of carbonyl (C=O) groups is 1. The molecular formula is C15H21NO3. The number of para-hydroxylation sites is 1. The Bertz CT molecular complexity index is 441. The van der Waals surface area contributed by atoms with Crippen molar-refractivity contribution in [3.63, 3.8) is 0 Å². The van der Waals surface area contributed by atoms with Crippen LogP contribution in [0.2, 0.25) is 0 Å². The van der Waals surface area contributed by atoms with Crippen molar-refractivity contribution in [3.05, 3.63) is 41.5 Å². The first-order valence-corrected chi connectivity index (χ1v) is 6.44. The monoisotopic (exact) mass is 263 g/mol. The first kappa shape index (κ1) is 15.2. The lowest BCUT2D eigenvalue weighted by Crippen LogP contribution is -2.18. The maximum Gasteiger partial charge on any atom is 0.331 e. The quantitative estimate of drug-likeness (QED) is 0.558. The van der Waals surface area contributed by atoms with E-state index < -0.39 is 5.97 Å². The average Bonchev–Trinajstić information content (AvgIpc) is 2.42. The van der Waals surface area contributed by atoms with Gasteiger partial charge in [0.15, 0.2) is 0 Å². The van der Waals surface area contributed by atoms with Crippen LogP contribution in [0.4, 0.5) is 0 Å². The minimum atomic E-state index is -0.839. The van der Waals surface area contributed by atoms with Crippen LogP contribution < -0.4 is 10.1 Å². The SMILES string of the molecule is CC/C(=C/CNCCc1ccccc1OC)C(=O)O. The second-order valence-electron chi connectivity index (χ2n) is 4.15. The number of carboxylic acids is 1. The molecular weight excluding hydrogens is 242 g/mol. The van der Waals surface area contributed by atoms with Crippen molar-refractivity contribution in [2.24, 2.45) is 0 Å². The minimum Gasteiger partial charge on any atom is -0.496 e. The molecule has 104 valence electrons. The predicted octanol–water partition coefficient (Wildman–Crippen LogP) is 2.25. The molecule has 0 fully saturated rings. The molecule has 0 radical (unpaired) electrons. The number of ether oxygens (including phenoxy) is 1. The van der Waals surface area contributed by atoms with E-state index in [1.165, 1.54) is 0 Å². The van der Waals surface area contributed by atoms with E-state index in [-0.39, 0.29) is 0 Å². The van der Waals surface area contributed by atoms with E-state index in [1.807, 2.05) is 31.2 Å². The lowest BCUT2D eigenvalue weighted by molar-refractivity contribution is -0.132. The molecule has 0 aromatic heterocycles. The van der Waals surface area contributed by atoms with Gasteiger partial charge in [-0.05, 0) is 31.0 Å². The highest BCUT2D eigenvalue weighted by atomic mass is 16.5. The molecule has 1 aromatic rings. The lowest BCUT2D eigenvalue weighted by atomic mass is 10.1. The number of aliphatic carboxylic acids is 1. The van der Waals surface area contributed by atoms with Crippen molar-refractivity contribution < 1.29 is 14.6 Å². The first-order valence-electron chi connectivity index (χ1n) is 6.44. The van der Waals surface area contributed by atoms with Gasteiger partial charge in [0.2, 0.25) is 0 Å². The Morgan fingerprint density at radius 1 is 1.42 bits per heavy atom. The van der Waals surface area contributed by atoms with Crippen molar-refractivity contribution in [2.45, 2.75) is 19.8 Å². The smallest absolute Gasteiger partial charge is 0.331 e. The van der Waals surface area contributed by atoms with Crippen molar-refractivity contribution in [1.82, 2.24) is 5.32 Å². The number of rotatable bonds is 8. The second-order valence-corrected chi connectivity index (χ2v) is 4.15. The highest BCUT2D eigenvalue weighted by molar-refractivity contribution is 5.86. The van der Waals surface area contributed by atoms with Crippen LogP contribution in [-0.2, 0) is 11.2 Å². The largest absolute Gasteiger partial charge is 0.496 e. The summed E-state index contributed by atoms with van der Waals surface area (Å²) in [5.74, 6) is 0.0497. The van der Waals surface area contributed by atoms with Crippen LogP contribution in [0.3, 0.4) is 0 Å². The van der Waals surface area contributed by atoms with Crippen LogP contribution >= 0.6 is 0 Å². The van der Waals surface area contributed by atoms with Crippen molar-refractivity contribution in [3.8, 4) is 5.75 Å². The fraction of sp³-hybridized carbons (Fsp3) is 0.400. The van der Waals surface area contributed by atoms with Gasteiger partial charge in [0.1, 0.15) is 5.75 Å². The molecule has 1 rings (SSSR count). The summed E-state index contributed by atoms with van der Waals surface area (Å²) < 4.78 is 5.27. The molecule has 1 aromatic carbocycles. The Morgan fingerprint density at radius 3 is 2.79 bits per heavy atom. The molecule has 0 aliphatic rings. The molecule has 0 atom stereocenters. The topological polar surface area (TPSA) is 58.6 Å². The van der Waals surface area contributed by atoms with Gasteiger partial charge >= 0.3 is 5.97 Å². The van der Waals surface area contributed by atoms with Gasteiger partial charge < -0.3 is 15.2 Å². The number of hydrogen-bond donors (Lipinski definition) is 2. The summed E-state index contributed by atoms with van der Waals surface area (Å²) >= 11 is 0. The van der Waals surface area contributed by atoms with E-state index >= 15 is 0 Å². The number of benzene rings is 1. The fourth-order valence-corrected chi connectivity index (χ4v) is 1.81. The van der Waals surface area contributed by atoms with Gasteiger partial charge in [0, 0.05) is 12.1 Å². The zero-order valence-electron chi connectivity index (χ0n) is 11.5. The third kappa shape index (κ3) is 5.14. The summed E-state index contributed by atoms with van der Waals surface area (Å²) in [4.78, 5) is 10.8. The number of methoxy groups -OCH3 is 1. The Hall–Kier alpha value is -1.81. The van der Waals surface area contributed by atoms with E-state index in [2.05, 4.69) is 5.32 Å². The van der Waals surface area contributed by atoms with Crippen LogP contribution in [0.5, 0.6) is 5.75 Å². The van der Waals surface area contributed by atoms with Crippen LogP contribution in [0.15, 0.2) is 35.9 Å². The third-order valence-corrected chi connectivity index (χ3v) is 2.91. The lowest BCUT2D eigenvalue weighted by Gasteiger charge is -2.08. The summed E-state index contributed by atoms with van der Waals surface area (Å²) in [6.45, 7) is 3.20. The molecule has 4 nitrogen and oxygen atoms in total. The van der Waals surface area contributed by atoms with Gasteiger partial charge in [-0.2, -0.15) is 0 Å². The van der Waals surface area contributed by atoms with Crippen molar-refractivity contribution >= 4 is 5.97 Å². The second kappa shape index (κ2) is 8.32. The van der Waals surface area contributed by atoms with Gasteiger partial charge in [-0.3, -0.25) is 0 Å². The van der Waals surface area contributed by atoms with Crippen LogP contribution in [-0.4, -0.2) is 31.3 Å². The zero-order valence-corrected chi connectivity index (χ0v) is 11.5. The zero-order chi connectivity index (χ0) is 14.1. The first-order chi connectivity index (χ1) is 9.19. The Balaban J connectivity index is 2.37. The van der Waals surface area contributed by atoms with Crippen molar-refractivity contribution in [2.75, 3.05) is 20.2 Å². The fourth-order valence-electron chi connectivity index (χ4n) is 1.81. The van der Waals surface area contributed by atoms with E-state index in [4.69, 9.17) is 9.84 Å². The minimum absolute atomic E-state index is 0.449. The highest BCUT2D eigenvalue weighted by Crippen LogP contribution is 2.17. The number of carboxylic acid groups (broad SMARTS) is 1. The van der Waals surface area contributed by atoms with E-state index in [9.17, 15) is 4.79 Å². The Morgan fingerprint density at radius 2 is 2.16 bits per heavy atom. The summed E-state index contributed by atoms with van der Waals surface area (Å²) in [6.07, 6.45) is 3.13. The maximum absolute atomic E-state index is 10.8. The number of hydrogen-bond acceptors (Lipinski definition) is 3. The molecule has 4 heteroatoms. The molecule has 0 unspecified atom stereocenters. The van der Waals surface area contributed by atoms with Crippen LogP contribution in [0.1, 0.15) is 18.9 Å². The molecule has 0 saturated carbocycles. The Labute approximate surface area is 114 Å². The molecule has 0 aliphatic heterocycles. The average molecular weight is 263 g/mol. The van der Waals surface area contributed by atoms with Crippen LogP contribution in [0.25, 0.3) is 0 Å². The number of nitrogens with one attached hydrogen (secondary N) is 1. The van der Waals surface area contributed by atoms with Gasteiger partial charge in [-0.1, -0.05) is 31.2 Å². The Kier molecular flexibility index (Phi) is 6.68. The van der Waals surface area contributed by atoms with Gasteiger partial charge in [0.25, 0.3) is 0 Å². The van der Waals surface area contributed by atoms with Gasteiger partial charge in [0.05, 0.1) is 7.11 Å². The molecule has 2 N–H and O–H groups in total. The standard InChI is InChI=1S/C15H21NO3/c1-3-12(15(17)18)8-10-16-11-9-13-6-4-5-7-14(13)19-2/h4-8,16H,3,9-11H2,1-2H3,(H,17,18)/b12-8-.